The highest BCUT2D eigenvalue weighted by molar-refractivity contribution is 8.00. The number of nitrogens with one attached hydrogen (secondary N) is 1. The average molecular weight is 217 g/mol. The van der Waals surface area contributed by atoms with Crippen molar-refractivity contribution < 1.29 is 9.53 Å². The Hall–Kier alpha value is -0.220. The van der Waals surface area contributed by atoms with E-state index >= 15 is 0 Å². The second-order valence-corrected chi connectivity index (χ2v) is 4.74. The summed E-state index contributed by atoms with van der Waals surface area (Å²) in [7, 11) is 0. The normalized spacial score (nSPS) is 18.7. The molecule has 14 heavy (non-hydrogen) atoms. The summed E-state index contributed by atoms with van der Waals surface area (Å²) in [6.07, 6.45) is 0.865. The molecular weight excluding hydrogens is 198 g/mol. The van der Waals surface area contributed by atoms with Crippen molar-refractivity contribution in [2.45, 2.75) is 25.5 Å². The SMILES string of the molecule is CCOC(=O)C(CC)SCC1CNC1. The first kappa shape index (κ1) is 11.9. The Balaban J connectivity index is 2.19. The van der Waals surface area contributed by atoms with Crippen molar-refractivity contribution >= 4 is 17.7 Å². The zero-order valence-electron chi connectivity index (χ0n) is 8.91. The fraction of sp³-hybridized carbons (Fsp3) is 0.900. The molecule has 1 aliphatic heterocycles. The van der Waals surface area contributed by atoms with Gasteiger partial charge in [0.05, 0.1) is 6.61 Å². The van der Waals surface area contributed by atoms with Gasteiger partial charge < -0.3 is 10.1 Å². The van der Waals surface area contributed by atoms with Gasteiger partial charge in [-0.1, -0.05) is 6.92 Å². The van der Waals surface area contributed by atoms with Gasteiger partial charge in [-0.3, -0.25) is 4.79 Å². The first-order chi connectivity index (χ1) is 6.77. The van der Waals surface area contributed by atoms with Crippen LogP contribution in [-0.4, -0.2) is 36.7 Å². The minimum atomic E-state index is -0.0488. The maximum Gasteiger partial charge on any atom is 0.319 e. The molecule has 0 aliphatic carbocycles. The van der Waals surface area contributed by atoms with Crippen LogP contribution in [0.2, 0.25) is 0 Å². The molecule has 0 radical (unpaired) electrons. The van der Waals surface area contributed by atoms with Gasteiger partial charge in [-0.25, -0.2) is 0 Å². The highest BCUT2D eigenvalue weighted by Gasteiger charge is 2.22. The Kier molecular flexibility index (Phi) is 5.33. The van der Waals surface area contributed by atoms with E-state index in [-0.39, 0.29) is 11.2 Å². The Morgan fingerprint density at radius 3 is 2.71 bits per heavy atom. The largest absolute Gasteiger partial charge is 0.465 e. The van der Waals surface area contributed by atoms with Crippen molar-refractivity contribution in [2.24, 2.45) is 5.92 Å². The molecule has 1 rings (SSSR count). The van der Waals surface area contributed by atoms with Crippen LogP contribution in [0.25, 0.3) is 0 Å². The minimum absolute atomic E-state index is 0.0375. The van der Waals surface area contributed by atoms with Gasteiger partial charge in [0.2, 0.25) is 0 Å². The summed E-state index contributed by atoms with van der Waals surface area (Å²) in [6.45, 7) is 6.58. The van der Waals surface area contributed by atoms with Gasteiger partial charge in [-0.05, 0) is 38.1 Å². The van der Waals surface area contributed by atoms with Gasteiger partial charge in [0.25, 0.3) is 0 Å². The van der Waals surface area contributed by atoms with Crippen LogP contribution in [0.4, 0.5) is 0 Å². The highest BCUT2D eigenvalue weighted by Crippen LogP contribution is 2.21. The molecule has 1 heterocycles. The summed E-state index contributed by atoms with van der Waals surface area (Å²) in [5, 5.41) is 3.27. The topological polar surface area (TPSA) is 38.3 Å². The van der Waals surface area contributed by atoms with Gasteiger partial charge in [-0.15, -0.1) is 11.8 Å². The maximum absolute atomic E-state index is 11.4. The van der Waals surface area contributed by atoms with Crippen LogP contribution in [0.1, 0.15) is 20.3 Å². The van der Waals surface area contributed by atoms with Crippen molar-refractivity contribution in [2.75, 3.05) is 25.4 Å². The van der Waals surface area contributed by atoms with Crippen LogP contribution in [-0.2, 0) is 9.53 Å². The molecule has 4 heteroatoms. The fourth-order valence-corrected chi connectivity index (χ4v) is 2.49. The fourth-order valence-electron chi connectivity index (χ4n) is 1.31. The van der Waals surface area contributed by atoms with Crippen molar-refractivity contribution in [3.8, 4) is 0 Å². The third kappa shape index (κ3) is 3.50. The number of thioether (sulfide) groups is 1. The summed E-state index contributed by atoms with van der Waals surface area (Å²) < 4.78 is 5.00. The molecule has 0 spiro atoms. The zero-order valence-corrected chi connectivity index (χ0v) is 9.73. The standard InChI is InChI=1S/C10H19NO2S/c1-3-9(10(12)13-4-2)14-7-8-5-11-6-8/h8-9,11H,3-7H2,1-2H3. The summed E-state index contributed by atoms with van der Waals surface area (Å²) in [5.41, 5.74) is 0. The molecule has 0 aromatic carbocycles. The van der Waals surface area contributed by atoms with E-state index in [0.29, 0.717) is 6.61 Å². The third-order valence-electron chi connectivity index (χ3n) is 2.32. The van der Waals surface area contributed by atoms with E-state index in [0.717, 1.165) is 31.2 Å². The van der Waals surface area contributed by atoms with E-state index in [1.165, 1.54) is 0 Å². The van der Waals surface area contributed by atoms with Crippen molar-refractivity contribution in [3.05, 3.63) is 0 Å². The molecule has 0 bridgehead atoms. The van der Waals surface area contributed by atoms with Crippen LogP contribution >= 0.6 is 11.8 Å². The van der Waals surface area contributed by atoms with Crippen molar-refractivity contribution in [1.29, 1.82) is 0 Å². The summed E-state index contributed by atoms with van der Waals surface area (Å²) in [4.78, 5) is 11.4. The van der Waals surface area contributed by atoms with Gasteiger partial charge >= 0.3 is 5.97 Å². The number of rotatable bonds is 6. The number of carbonyl (C=O) groups is 1. The predicted molar refractivity (Wildman–Crippen MR) is 59.5 cm³/mol. The molecule has 3 nitrogen and oxygen atoms in total. The second-order valence-electron chi connectivity index (χ2n) is 3.51. The van der Waals surface area contributed by atoms with Crippen LogP contribution in [0.5, 0.6) is 0 Å². The third-order valence-corrected chi connectivity index (χ3v) is 3.91. The summed E-state index contributed by atoms with van der Waals surface area (Å²) in [6, 6.07) is 0. The predicted octanol–water partition coefficient (Wildman–Crippen LogP) is 1.28. The van der Waals surface area contributed by atoms with Crippen LogP contribution < -0.4 is 5.32 Å². The molecule has 1 N–H and O–H groups in total. The van der Waals surface area contributed by atoms with Gasteiger partial charge in [0, 0.05) is 0 Å². The molecule has 0 amide bonds. The minimum Gasteiger partial charge on any atom is -0.465 e. The van der Waals surface area contributed by atoms with E-state index in [1.54, 1.807) is 11.8 Å². The lowest BCUT2D eigenvalue weighted by atomic mass is 10.1. The molecular formula is C10H19NO2S. The van der Waals surface area contributed by atoms with E-state index < -0.39 is 0 Å². The molecule has 0 aromatic heterocycles. The smallest absolute Gasteiger partial charge is 0.319 e. The van der Waals surface area contributed by atoms with Crippen LogP contribution in [0, 0.1) is 5.92 Å². The monoisotopic (exact) mass is 217 g/mol. The molecule has 1 aliphatic rings. The van der Waals surface area contributed by atoms with Crippen LogP contribution in [0.3, 0.4) is 0 Å². The number of hydrogen-bond donors (Lipinski definition) is 1. The summed E-state index contributed by atoms with van der Waals surface area (Å²) >= 11 is 1.74. The number of hydrogen-bond acceptors (Lipinski definition) is 4. The maximum atomic E-state index is 11.4. The second kappa shape index (κ2) is 6.30. The lowest BCUT2D eigenvalue weighted by Gasteiger charge is -2.27. The Labute approximate surface area is 90.0 Å². The van der Waals surface area contributed by atoms with E-state index in [2.05, 4.69) is 5.32 Å². The number of carbonyl (C=O) groups excluding carboxylic acids is 1. The van der Waals surface area contributed by atoms with E-state index in [9.17, 15) is 4.79 Å². The number of ether oxygens (including phenoxy) is 1. The lowest BCUT2D eigenvalue weighted by molar-refractivity contribution is -0.142. The molecule has 0 saturated carbocycles. The first-order valence-corrected chi connectivity index (χ1v) is 6.31. The van der Waals surface area contributed by atoms with Crippen LogP contribution in [0.15, 0.2) is 0 Å². The van der Waals surface area contributed by atoms with Gasteiger partial charge in [0.15, 0.2) is 0 Å². The molecule has 1 fully saturated rings. The first-order valence-electron chi connectivity index (χ1n) is 5.26. The molecule has 82 valence electrons. The quantitative estimate of drug-likeness (QED) is 0.680. The highest BCUT2D eigenvalue weighted by atomic mass is 32.2. The Morgan fingerprint density at radius 1 is 1.57 bits per heavy atom. The lowest BCUT2D eigenvalue weighted by Crippen LogP contribution is -2.43. The average Bonchev–Trinajstić information content (AvgIpc) is 2.09. The molecule has 1 atom stereocenters. The van der Waals surface area contributed by atoms with Gasteiger partial charge in [-0.2, -0.15) is 0 Å². The Morgan fingerprint density at radius 2 is 2.29 bits per heavy atom. The Bertz CT molecular complexity index is 183. The van der Waals surface area contributed by atoms with E-state index in [4.69, 9.17) is 4.74 Å². The zero-order chi connectivity index (χ0) is 10.4. The van der Waals surface area contributed by atoms with Crippen molar-refractivity contribution in [1.82, 2.24) is 5.32 Å². The molecule has 1 unspecified atom stereocenters. The van der Waals surface area contributed by atoms with E-state index in [1.807, 2.05) is 13.8 Å². The molecule has 1 saturated heterocycles. The van der Waals surface area contributed by atoms with Gasteiger partial charge in [0.1, 0.15) is 5.25 Å². The summed E-state index contributed by atoms with van der Waals surface area (Å²) in [5.74, 6) is 1.78. The van der Waals surface area contributed by atoms with Crippen molar-refractivity contribution in [3.63, 3.8) is 0 Å². The molecule has 0 aromatic rings. The number of esters is 1.